The third kappa shape index (κ3) is 1.73. The second kappa shape index (κ2) is 3.65. The molecule has 0 aromatic heterocycles. The molecule has 1 aliphatic heterocycles. The Morgan fingerprint density at radius 3 is 2.64 bits per heavy atom. The maximum atomic E-state index is 9.99. The summed E-state index contributed by atoms with van der Waals surface area (Å²) in [6.45, 7) is -0.410. The lowest BCUT2D eigenvalue weighted by atomic mass is 9.70. The molecule has 1 N–H and O–H groups in total. The highest BCUT2D eigenvalue weighted by Gasteiger charge is 2.22. The molecule has 0 unspecified atom stereocenters. The van der Waals surface area contributed by atoms with E-state index >= 15 is 0 Å². The zero-order chi connectivity index (χ0) is 8.10. The molecule has 1 rings (SSSR count). The molecule has 0 aliphatic carbocycles. The van der Waals surface area contributed by atoms with Crippen LogP contribution in [0.2, 0.25) is 0 Å². The number of hydrogen-bond donors (Lipinski definition) is 1. The van der Waals surface area contributed by atoms with E-state index in [9.17, 15) is 9.81 Å². The van der Waals surface area contributed by atoms with Gasteiger partial charge in [-0.05, 0) is 11.7 Å². The Morgan fingerprint density at radius 2 is 2.18 bits per heavy atom. The fourth-order valence-electron chi connectivity index (χ4n) is 0.790. The van der Waals surface area contributed by atoms with Gasteiger partial charge < -0.3 is 5.32 Å². The van der Waals surface area contributed by atoms with Crippen LogP contribution in [0, 0.1) is 9.81 Å². The van der Waals surface area contributed by atoms with E-state index in [2.05, 4.69) is 15.5 Å². The van der Waals surface area contributed by atoms with E-state index in [4.69, 9.17) is 0 Å². The second-order valence-electron chi connectivity index (χ2n) is 2.04. The Labute approximate surface area is 63.6 Å². The molecule has 5 nitrogen and oxygen atoms in total. The molecule has 0 aromatic rings. The van der Waals surface area contributed by atoms with E-state index in [0.29, 0.717) is 12.0 Å². The fraction of sp³-hybridized carbons (Fsp3) is 0.200. The van der Waals surface area contributed by atoms with Crippen molar-refractivity contribution in [3.05, 3.63) is 33.6 Å². The van der Waals surface area contributed by atoms with Crippen molar-refractivity contribution in [1.82, 2.24) is 5.32 Å². The summed E-state index contributed by atoms with van der Waals surface area (Å²) in [6, 6.07) is 0. The van der Waals surface area contributed by atoms with Gasteiger partial charge in [0.2, 0.25) is 0 Å². The molecule has 0 bridgehead atoms. The van der Waals surface area contributed by atoms with Crippen molar-refractivity contribution in [2.45, 2.75) is 0 Å². The van der Waals surface area contributed by atoms with Gasteiger partial charge in [-0.1, -0.05) is 22.3 Å². The van der Waals surface area contributed by atoms with E-state index < -0.39 is 6.98 Å². The van der Waals surface area contributed by atoms with Crippen LogP contribution in [0.15, 0.2) is 34.0 Å². The molecule has 0 atom stereocenters. The molecule has 56 valence electrons. The molecule has 0 saturated carbocycles. The molecule has 0 spiro atoms. The first-order chi connectivity index (χ1) is 5.38. The Bertz CT molecular complexity index is 218. The van der Waals surface area contributed by atoms with Crippen LogP contribution in [-0.2, 0) is 0 Å². The van der Waals surface area contributed by atoms with Crippen LogP contribution >= 0.6 is 0 Å². The fourth-order valence-corrected chi connectivity index (χ4v) is 0.790. The molecule has 0 radical (unpaired) electrons. The third-order valence-corrected chi connectivity index (χ3v) is 1.31. The van der Waals surface area contributed by atoms with Gasteiger partial charge in [-0.2, -0.15) is 9.81 Å². The second-order valence-corrected chi connectivity index (χ2v) is 2.04. The lowest BCUT2D eigenvalue weighted by Gasteiger charge is -2.04. The maximum Gasteiger partial charge on any atom is 0.549 e. The number of dihydropyridines is 1. The minimum atomic E-state index is -1.11. The van der Waals surface area contributed by atoms with Crippen LogP contribution in [0.25, 0.3) is 0 Å². The highest BCUT2D eigenvalue weighted by Crippen LogP contribution is 2.06. The smallest absolute Gasteiger partial charge is 0.388 e. The van der Waals surface area contributed by atoms with Crippen molar-refractivity contribution in [1.29, 1.82) is 0 Å². The molecular formula is C5H6BN3O2. The summed E-state index contributed by atoms with van der Waals surface area (Å²) in [6.07, 6.45) is 5.01. The highest BCUT2D eigenvalue weighted by atomic mass is 16.3. The number of nitrogens with zero attached hydrogens (tertiary/aromatic N) is 2. The van der Waals surface area contributed by atoms with Gasteiger partial charge in [0.1, 0.15) is 0 Å². The number of hydrogen-bond acceptors (Lipinski definition) is 5. The molecule has 0 fully saturated rings. The summed E-state index contributed by atoms with van der Waals surface area (Å²) < 4.78 is 0. The number of nitroso groups, excluding NO2 is 2. The standard InChI is InChI=1S/C5H6BN3O2/c10-8-6(9-11)5-2-1-3-7-4-5/h1-2,4,7H,3H2. The summed E-state index contributed by atoms with van der Waals surface area (Å²) in [5.74, 6) is 0. The predicted molar refractivity (Wildman–Crippen MR) is 42.6 cm³/mol. The van der Waals surface area contributed by atoms with E-state index in [1.807, 2.05) is 0 Å². The van der Waals surface area contributed by atoms with Crippen molar-refractivity contribution >= 4 is 6.98 Å². The van der Waals surface area contributed by atoms with Crippen molar-refractivity contribution in [3.63, 3.8) is 0 Å². The van der Waals surface area contributed by atoms with E-state index in [0.717, 1.165) is 0 Å². The van der Waals surface area contributed by atoms with Crippen LogP contribution in [0.3, 0.4) is 0 Å². The van der Waals surface area contributed by atoms with Crippen LogP contribution in [-0.4, -0.2) is 13.5 Å². The molecule has 1 heterocycles. The molecule has 0 amide bonds. The monoisotopic (exact) mass is 151 g/mol. The van der Waals surface area contributed by atoms with Gasteiger partial charge >= 0.3 is 6.98 Å². The molecule has 0 saturated heterocycles. The van der Waals surface area contributed by atoms with Gasteiger partial charge in [0.15, 0.2) is 0 Å². The summed E-state index contributed by atoms with van der Waals surface area (Å²) >= 11 is 0. The van der Waals surface area contributed by atoms with Gasteiger partial charge in [-0.25, -0.2) is 0 Å². The molecule has 1 aliphatic rings. The first kappa shape index (κ1) is 7.65. The normalized spacial score (nSPS) is 14.7. The topological polar surface area (TPSA) is 70.9 Å². The molecule has 6 heteroatoms. The van der Waals surface area contributed by atoms with Gasteiger partial charge in [-0.3, -0.25) is 0 Å². The Hall–Kier alpha value is -1.46. The van der Waals surface area contributed by atoms with Crippen LogP contribution in [0.4, 0.5) is 0 Å². The molecule has 11 heavy (non-hydrogen) atoms. The highest BCUT2D eigenvalue weighted by molar-refractivity contribution is 6.63. The first-order valence-electron chi connectivity index (χ1n) is 3.13. The largest absolute Gasteiger partial charge is 0.549 e. The zero-order valence-corrected chi connectivity index (χ0v) is 5.73. The van der Waals surface area contributed by atoms with Gasteiger partial charge in [0.25, 0.3) is 0 Å². The van der Waals surface area contributed by atoms with Crippen LogP contribution < -0.4 is 5.32 Å². The van der Waals surface area contributed by atoms with Crippen LogP contribution in [0.5, 0.6) is 0 Å². The number of nitrogens with one attached hydrogen (secondary N) is 1. The van der Waals surface area contributed by atoms with Crippen molar-refractivity contribution in [2.75, 3.05) is 6.54 Å². The van der Waals surface area contributed by atoms with Gasteiger partial charge in [0.05, 0.1) is 0 Å². The maximum absolute atomic E-state index is 9.99. The van der Waals surface area contributed by atoms with Crippen molar-refractivity contribution < 1.29 is 0 Å². The number of rotatable bonds is 3. The minimum Gasteiger partial charge on any atom is -0.388 e. The number of allylic oxidation sites excluding steroid dienone is 2. The summed E-state index contributed by atoms with van der Waals surface area (Å²) in [5.41, 5.74) is 0.501. The average molecular weight is 151 g/mol. The third-order valence-electron chi connectivity index (χ3n) is 1.31. The predicted octanol–water partition coefficient (Wildman–Crippen LogP) is 0.590. The van der Waals surface area contributed by atoms with Crippen molar-refractivity contribution in [3.8, 4) is 0 Å². The lowest BCUT2D eigenvalue weighted by Crippen LogP contribution is -2.17. The van der Waals surface area contributed by atoms with Gasteiger partial charge in [-0.15, -0.1) is 0 Å². The average Bonchev–Trinajstić information content (AvgIpc) is 2.09. The van der Waals surface area contributed by atoms with Crippen molar-refractivity contribution in [2.24, 2.45) is 10.2 Å². The zero-order valence-electron chi connectivity index (χ0n) is 5.73. The van der Waals surface area contributed by atoms with Gasteiger partial charge in [0, 0.05) is 6.54 Å². The lowest BCUT2D eigenvalue weighted by molar-refractivity contribution is 0.965. The SMILES string of the molecule is O=NB(N=O)C1=CNCC=C1. The first-order valence-corrected chi connectivity index (χ1v) is 3.13. The summed E-state index contributed by atoms with van der Waals surface area (Å²) in [7, 11) is 0. The van der Waals surface area contributed by atoms with E-state index in [1.54, 1.807) is 18.4 Å². The Morgan fingerprint density at radius 1 is 1.45 bits per heavy atom. The van der Waals surface area contributed by atoms with E-state index in [-0.39, 0.29) is 0 Å². The minimum absolute atomic E-state index is 0.501. The quantitative estimate of drug-likeness (QED) is 0.473. The molecular weight excluding hydrogens is 145 g/mol. The van der Waals surface area contributed by atoms with E-state index in [1.165, 1.54) is 0 Å². The Kier molecular flexibility index (Phi) is 2.54. The summed E-state index contributed by atoms with van der Waals surface area (Å²) in [4.78, 5) is 20.0. The Balaban J connectivity index is 2.71. The molecule has 0 aromatic carbocycles. The van der Waals surface area contributed by atoms with Crippen LogP contribution in [0.1, 0.15) is 0 Å². The summed E-state index contributed by atoms with van der Waals surface area (Å²) in [5, 5.41) is 7.92.